The van der Waals surface area contributed by atoms with Gasteiger partial charge in [-0.2, -0.15) is 0 Å². The van der Waals surface area contributed by atoms with Gasteiger partial charge in [0.25, 0.3) is 0 Å². The quantitative estimate of drug-likeness (QED) is 0.812. The Morgan fingerprint density at radius 1 is 1.40 bits per heavy atom. The van der Waals surface area contributed by atoms with Gasteiger partial charge in [-0.15, -0.1) is 0 Å². The van der Waals surface area contributed by atoms with E-state index in [4.69, 9.17) is 4.74 Å². The number of hydrogen-bond donors (Lipinski definition) is 1. The third-order valence-corrected chi connectivity index (χ3v) is 3.12. The molecule has 0 bridgehead atoms. The van der Waals surface area contributed by atoms with Crippen LogP contribution in [-0.4, -0.2) is 20.2 Å². The predicted octanol–water partition coefficient (Wildman–Crippen LogP) is 2.02. The highest BCUT2D eigenvalue weighted by Gasteiger charge is 2.17. The van der Waals surface area contributed by atoms with E-state index in [1.54, 1.807) is 7.11 Å². The first-order valence-electron chi connectivity index (χ1n) is 5.70. The number of hydrogen-bond acceptors (Lipinski definition) is 2. The van der Waals surface area contributed by atoms with Gasteiger partial charge >= 0.3 is 0 Å². The van der Waals surface area contributed by atoms with Gasteiger partial charge < -0.3 is 10.1 Å². The number of methoxy groups -OCH3 is 1. The van der Waals surface area contributed by atoms with E-state index < -0.39 is 0 Å². The summed E-state index contributed by atoms with van der Waals surface area (Å²) in [5, 5.41) is 3.31. The maximum atomic E-state index is 5.32. The van der Waals surface area contributed by atoms with E-state index in [9.17, 15) is 0 Å². The SMILES string of the molecule is CCc1cc(CC2CNC2)ccc1OC. The van der Waals surface area contributed by atoms with E-state index in [-0.39, 0.29) is 0 Å². The maximum absolute atomic E-state index is 5.32. The summed E-state index contributed by atoms with van der Waals surface area (Å²) in [6.07, 6.45) is 2.24. The van der Waals surface area contributed by atoms with Crippen LogP contribution in [0.1, 0.15) is 18.1 Å². The van der Waals surface area contributed by atoms with Crippen molar-refractivity contribution in [2.75, 3.05) is 20.2 Å². The molecule has 0 aromatic heterocycles. The normalized spacial score (nSPS) is 16.1. The van der Waals surface area contributed by atoms with Gasteiger partial charge in [0.15, 0.2) is 0 Å². The predicted molar refractivity (Wildman–Crippen MR) is 62.4 cm³/mol. The Morgan fingerprint density at radius 2 is 2.20 bits per heavy atom. The average molecular weight is 205 g/mol. The van der Waals surface area contributed by atoms with Crippen LogP contribution in [0, 0.1) is 5.92 Å². The minimum absolute atomic E-state index is 0.836. The van der Waals surface area contributed by atoms with Gasteiger partial charge in [-0.25, -0.2) is 0 Å². The van der Waals surface area contributed by atoms with Gasteiger partial charge in [-0.05, 0) is 49.0 Å². The van der Waals surface area contributed by atoms with E-state index in [0.29, 0.717) is 0 Å². The number of aryl methyl sites for hydroxylation is 1. The lowest BCUT2D eigenvalue weighted by molar-refractivity contribution is 0.346. The zero-order chi connectivity index (χ0) is 10.7. The van der Waals surface area contributed by atoms with Crippen LogP contribution in [0.2, 0.25) is 0 Å². The summed E-state index contributed by atoms with van der Waals surface area (Å²) in [5.74, 6) is 1.86. The highest BCUT2D eigenvalue weighted by atomic mass is 16.5. The second-order valence-corrected chi connectivity index (χ2v) is 4.23. The molecule has 0 unspecified atom stereocenters. The molecular formula is C13H19NO. The molecule has 2 nitrogen and oxygen atoms in total. The number of benzene rings is 1. The largest absolute Gasteiger partial charge is 0.496 e. The Balaban J connectivity index is 2.10. The van der Waals surface area contributed by atoms with Crippen molar-refractivity contribution in [3.05, 3.63) is 29.3 Å². The third-order valence-electron chi connectivity index (χ3n) is 3.12. The van der Waals surface area contributed by atoms with Gasteiger partial charge in [0, 0.05) is 0 Å². The Kier molecular flexibility index (Phi) is 3.27. The molecule has 0 saturated carbocycles. The first kappa shape index (κ1) is 10.5. The standard InChI is InChI=1S/C13H19NO/c1-3-12-7-10(4-5-13(12)15-2)6-11-8-14-9-11/h4-5,7,11,14H,3,6,8-9H2,1-2H3. The molecule has 1 N–H and O–H groups in total. The van der Waals surface area contributed by atoms with Crippen molar-refractivity contribution in [1.29, 1.82) is 0 Å². The second kappa shape index (κ2) is 4.67. The van der Waals surface area contributed by atoms with Crippen molar-refractivity contribution >= 4 is 0 Å². The van der Waals surface area contributed by atoms with Crippen molar-refractivity contribution in [1.82, 2.24) is 5.32 Å². The van der Waals surface area contributed by atoms with Crippen LogP contribution in [0.4, 0.5) is 0 Å². The molecule has 82 valence electrons. The molecule has 15 heavy (non-hydrogen) atoms. The first-order chi connectivity index (χ1) is 7.33. The fourth-order valence-corrected chi connectivity index (χ4v) is 2.06. The molecule has 1 aliphatic heterocycles. The molecule has 1 fully saturated rings. The Morgan fingerprint density at radius 3 is 2.73 bits per heavy atom. The summed E-state index contributed by atoms with van der Waals surface area (Å²) in [4.78, 5) is 0. The second-order valence-electron chi connectivity index (χ2n) is 4.23. The van der Waals surface area contributed by atoms with E-state index in [1.165, 1.54) is 30.6 Å². The molecule has 1 saturated heterocycles. The van der Waals surface area contributed by atoms with E-state index in [1.807, 2.05) is 0 Å². The van der Waals surface area contributed by atoms with Crippen LogP contribution in [-0.2, 0) is 12.8 Å². The lowest BCUT2D eigenvalue weighted by Gasteiger charge is -2.27. The van der Waals surface area contributed by atoms with E-state index >= 15 is 0 Å². The van der Waals surface area contributed by atoms with Crippen molar-refractivity contribution in [3.8, 4) is 5.75 Å². The lowest BCUT2D eigenvalue weighted by atomic mass is 9.93. The molecule has 0 aliphatic carbocycles. The smallest absolute Gasteiger partial charge is 0.122 e. The fraction of sp³-hybridized carbons (Fsp3) is 0.538. The van der Waals surface area contributed by atoms with Crippen molar-refractivity contribution in [3.63, 3.8) is 0 Å². The van der Waals surface area contributed by atoms with Gasteiger partial charge in [0.2, 0.25) is 0 Å². The topological polar surface area (TPSA) is 21.3 Å². The summed E-state index contributed by atoms with van der Waals surface area (Å²) >= 11 is 0. The molecule has 1 aliphatic rings. The molecule has 2 rings (SSSR count). The molecule has 0 atom stereocenters. The number of rotatable bonds is 4. The van der Waals surface area contributed by atoms with Gasteiger partial charge in [0.1, 0.15) is 5.75 Å². The molecule has 0 amide bonds. The van der Waals surface area contributed by atoms with Crippen LogP contribution in [0.3, 0.4) is 0 Å². The molecule has 1 aromatic rings. The number of ether oxygens (including phenoxy) is 1. The van der Waals surface area contributed by atoms with Crippen molar-refractivity contribution in [2.24, 2.45) is 5.92 Å². The zero-order valence-corrected chi connectivity index (χ0v) is 9.55. The van der Waals surface area contributed by atoms with Crippen molar-refractivity contribution < 1.29 is 4.74 Å². The molecule has 2 heteroatoms. The summed E-state index contributed by atoms with van der Waals surface area (Å²) in [5.41, 5.74) is 2.77. The zero-order valence-electron chi connectivity index (χ0n) is 9.55. The third kappa shape index (κ3) is 2.32. The van der Waals surface area contributed by atoms with Crippen LogP contribution in [0.15, 0.2) is 18.2 Å². The minimum atomic E-state index is 0.836. The van der Waals surface area contributed by atoms with Gasteiger partial charge in [-0.1, -0.05) is 19.1 Å². The van der Waals surface area contributed by atoms with Crippen LogP contribution < -0.4 is 10.1 Å². The Hall–Kier alpha value is -1.02. The van der Waals surface area contributed by atoms with Crippen LogP contribution in [0.25, 0.3) is 0 Å². The molecule has 1 aromatic carbocycles. The van der Waals surface area contributed by atoms with Gasteiger partial charge in [-0.3, -0.25) is 0 Å². The molecule has 1 heterocycles. The summed E-state index contributed by atoms with van der Waals surface area (Å²) in [6.45, 7) is 4.52. The Bertz CT molecular complexity index is 331. The first-order valence-corrected chi connectivity index (χ1v) is 5.70. The van der Waals surface area contributed by atoms with E-state index in [2.05, 4.69) is 30.4 Å². The number of nitrogens with one attached hydrogen (secondary N) is 1. The van der Waals surface area contributed by atoms with Gasteiger partial charge in [0.05, 0.1) is 7.11 Å². The summed E-state index contributed by atoms with van der Waals surface area (Å²) < 4.78 is 5.32. The monoisotopic (exact) mass is 205 g/mol. The van der Waals surface area contributed by atoms with Crippen molar-refractivity contribution in [2.45, 2.75) is 19.8 Å². The molecule has 0 spiro atoms. The molecule has 0 radical (unpaired) electrons. The van der Waals surface area contributed by atoms with E-state index in [0.717, 1.165) is 18.1 Å². The average Bonchev–Trinajstić information content (AvgIpc) is 2.23. The Labute approximate surface area is 91.6 Å². The fourth-order valence-electron chi connectivity index (χ4n) is 2.06. The minimum Gasteiger partial charge on any atom is -0.496 e. The summed E-state index contributed by atoms with van der Waals surface area (Å²) in [6, 6.07) is 6.58. The van der Waals surface area contributed by atoms with Crippen LogP contribution >= 0.6 is 0 Å². The van der Waals surface area contributed by atoms with Crippen LogP contribution in [0.5, 0.6) is 5.75 Å². The lowest BCUT2D eigenvalue weighted by Crippen LogP contribution is -2.43. The summed E-state index contributed by atoms with van der Waals surface area (Å²) in [7, 11) is 1.74. The maximum Gasteiger partial charge on any atom is 0.122 e. The highest BCUT2D eigenvalue weighted by Crippen LogP contribution is 2.22. The molecular weight excluding hydrogens is 186 g/mol. The highest BCUT2D eigenvalue weighted by molar-refractivity contribution is 5.37.